The number of unbranched alkanes of at least 4 members (excludes halogenated alkanes) is 1. The Bertz CT molecular complexity index is 138. The first-order valence-electron chi connectivity index (χ1n) is 4.79. The molecule has 0 rings (SSSR count). The summed E-state index contributed by atoms with van der Waals surface area (Å²) < 4.78 is 5.25. The molecule has 78 valence electrons. The van der Waals surface area contributed by atoms with Gasteiger partial charge in [-0.3, -0.25) is 4.79 Å². The summed E-state index contributed by atoms with van der Waals surface area (Å²) in [5, 5.41) is 2.67. The zero-order valence-corrected chi connectivity index (χ0v) is 8.51. The Morgan fingerprint density at radius 2 is 2.23 bits per heavy atom. The van der Waals surface area contributed by atoms with E-state index >= 15 is 0 Å². The molecule has 4 nitrogen and oxygen atoms in total. The molecule has 0 heterocycles. The topological polar surface area (TPSA) is 64.3 Å². The van der Waals surface area contributed by atoms with Gasteiger partial charge in [0.1, 0.15) is 0 Å². The number of amides is 1. The number of ether oxygens (including phenoxy) is 1. The van der Waals surface area contributed by atoms with E-state index in [1.807, 2.05) is 0 Å². The summed E-state index contributed by atoms with van der Waals surface area (Å²) in [5.41, 5.74) is 5.35. The summed E-state index contributed by atoms with van der Waals surface area (Å²) in [6.07, 6.45) is 2.20. The highest BCUT2D eigenvalue weighted by Crippen LogP contribution is 1.86. The second-order valence-corrected chi connectivity index (χ2v) is 3.05. The van der Waals surface area contributed by atoms with Crippen molar-refractivity contribution >= 4 is 5.91 Å². The average molecular weight is 188 g/mol. The lowest BCUT2D eigenvalue weighted by Gasteiger charge is -2.07. The molecule has 4 heteroatoms. The first-order valence-corrected chi connectivity index (χ1v) is 4.79. The van der Waals surface area contributed by atoms with Gasteiger partial charge in [0.05, 0.1) is 12.6 Å². The van der Waals surface area contributed by atoms with E-state index in [-0.39, 0.29) is 5.91 Å². The van der Waals surface area contributed by atoms with Gasteiger partial charge in [0, 0.05) is 13.2 Å². The zero-order valence-electron chi connectivity index (χ0n) is 8.51. The molecule has 0 aliphatic carbocycles. The summed E-state index contributed by atoms with van der Waals surface area (Å²) in [7, 11) is 0. The van der Waals surface area contributed by atoms with Crippen molar-refractivity contribution in [2.75, 3.05) is 19.8 Å². The highest BCUT2D eigenvalue weighted by molar-refractivity contribution is 5.80. The van der Waals surface area contributed by atoms with Crippen molar-refractivity contribution in [3.05, 3.63) is 0 Å². The molecule has 0 aliphatic heterocycles. The smallest absolute Gasteiger partial charge is 0.236 e. The second kappa shape index (κ2) is 8.01. The highest BCUT2D eigenvalue weighted by atomic mass is 16.5. The van der Waals surface area contributed by atoms with E-state index in [1.165, 1.54) is 0 Å². The van der Waals surface area contributed by atoms with Crippen LogP contribution in [0.2, 0.25) is 0 Å². The van der Waals surface area contributed by atoms with Gasteiger partial charge in [-0.25, -0.2) is 0 Å². The Labute approximate surface area is 79.8 Å². The largest absolute Gasteiger partial charge is 0.380 e. The monoisotopic (exact) mass is 188 g/mol. The minimum atomic E-state index is -0.435. The molecule has 0 spiro atoms. The first-order chi connectivity index (χ1) is 6.18. The molecule has 0 aliphatic rings. The van der Waals surface area contributed by atoms with Crippen LogP contribution < -0.4 is 11.1 Å². The van der Waals surface area contributed by atoms with Gasteiger partial charge in [0.2, 0.25) is 5.91 Å². The molecule has 0 aromatic rings. The van der Waals surface area contributed by atoms with Gasteiger partial charge in [0.25, 0.3) is 0 Å². The molecule has 0 aromatic heterocycles. The maximum absolute atomic E-state index is 10.9. The van der Waals surface area contributed by atoms with Crippen molar-refractivity contribution < 1.29 is 9.53 Å². The van der Waals surface area contributed by atoms with Gasteiger partial charge in [0.15, 0.2) is 0 Å². The fourth-order valence-corrected chi connectivity index (χ4v) is 0.756. The van der Waals surface area contributed by atoms with Gasteiger partial charge in [-0.15, -0.1) is 0 Å². The maximum Gasteiger partial charge on any atom is 0.236 e. The van der Waals surface area contributed by atoms with Crippen molar-refractivity contribution in [1.82, 2.24) is 5.32 Å². The fraction of sp³-hybridized carbons (Fsp3) is 0.889. The van der Waals surface area contributed by atoms with Crippen LogP contribution in [0.25, 0.3) is 0 Å². The second-order valence-electron chi connectivity index (χ2n) is 3.05. The molecule has 0 saturated carbocycles. The van der Waals surface area contributed by atoms with E-state index in [9.17, 15) is 4.79 Å². The third kappa shape index (κ3) is 7.74. The predicted octanol–water partition coefficient (Wildman–Crippen LogP) is 0.267. The van der Waals surface area contributed by atoms with Gasteiger partial charge >= 0.3 is 0 Å². The molecule has 1 atom stereocenters. The lowest BCUT2D eigenvalue weighted by atomic mass is 10.3. The summed E-state index contributed by atoms with van der Waals surface area (Å²) in [4.78, 5) is 10.9. The van der Waals surface area contributed by atoms with Crippen LogP contribution in [0, 0.1) is 0 Å². The van der Waals surface area contributed by atoms with Crippen LogP contribution >= 0.6 is 0 Å². The lowest BCUT2D eigenvalue weighted by Crippen LogP contribution is -2.39. The number of hydrogen-bond donors (Lipinski definition) is 2. The zero-order chi connectivity index (χ0) is 10.1. The molecule has 0 radical (unpaired) electrons. The molecule has 0 fully saturated rings. The molecular weight excluding hydrogens is 168 g/mol. The van der Waals surface area contributed by atoms with Crippen molar-refractivity contribution in [1.29, 1.82) is 0 Å². The molecule has 0 bridgehead atoms. The number of carbonyl (C=O) groups excluding carboxylic acids is 1. The molecule has 0 aromatic carbocycles. The average Bonchev–Trinajstić information content (AvgIpc) is 2.10. The predicted molar refractivity (Wildman–Crippen MR) is 52.4 cm³/mol. The van der Waals surface area contributed by atoms with Crippen LogP contribution in [0.1, 0.15) is 26.7 Å². The summed E-state index contributed by atoms with van der Waals surface area (Å²) in [6, 6.07) is -0.435. The molecule has 0 saturated heterocycles. The Kier molecular flexibility index (Phi) is 7.63. The molecule has 0 unspecified atom stereocenters. The molecular formula is C9H20N2O2. The number of hydrogen-bond acceptors (Lipinski definition) is 3. The first kappa shape index (κ1) is 12.4. The van der Waals surface area contributed by atoms with Gasteiger partial charge in [-0.1, -0.05) is 13.3 Å². The van der Waals surface area contributed by atoms with Gasteiger partial charge < -0.3 is 15.8 Å². The van der Waals surface area contributed by atoms with Crippen LogP contribution in [0.15, 0.2) is 0 Å². The van der Waals surface area contributed by atoms with E-state index in [4.69, 9.17) is 10.5 Å². The summed E-state index contributed by atoms with van der Waals surface area (Å²) in [5.74, 6) is -0.126. The van der Waals surface area contributed by atoms with E-state index in [1.54, 1.807) is 6.92 Å². The van der Waals surface area contributed by atoms with Crippen LogP contribution in [-0.2, 0) is 9.53 Å². The quantitative estimate of drug-likeness (QED) is 0.563. The number of carbonyl (C=O) groups is 1. The van der Waals surface area contributed by atoms with Crippen LogP contribution in [0.4, 0.5) is 0 Å². The van der Waals surface area contributed by atoms with Crippen molar-refractivity contribution in [2.24, 2.45) is 5.73 Å². The number of nitrogens with one attached hydrogen (secondary N) is 1. The maximum atomic E-state index is 10.9. The Morgan fingerprint density at radius 3 is 2.77 bits per heavy atom. The Hall–Kier alpha value is -0.610. The van der Waals surface area contributed by atoms with E-state index in [0.29, 0.717) is 13.2 Å². The Balaban J connectivity index is 3.12. The normalized spacial score (nSPS) is 12.5. The molecule has 1 amide bonds. The van der Waals surface area contributed by atoms with Crippen LogP contribution in [0.3, 0.4) is 0 Å². The van der Waals surface area contributed by atoms with Crippen LogP contribution in [-0.4, -0.2) is 31.7 Å². The summed E-state index contributed by atoms with van der Waals surface area (Å²) in [6.45, 7) is 5.65. The van der Waals surface area contributed by atoms with Crippen molar-refractivity contribution in [2.45, 2.75) is 32.7 Å². The van der Waals surface area contributed by atoms with Crippen molar-refractivity contribution in [3.8, 4) is 0 Å². The van der Waals surface area contributed by atoms with Gasteiger partial charge in [-0.2, -0.15) is 0 Å². The third-order valence-electron chi connectivity index (χ3n) is 1.60. The fourth-order valence-electron chi connectivity index (χ4n) is 0.756. The van der Waals surface area contributed by atoms with E-state index in [2.05, 4.69) is 12.2 Å². The Morgan fingerprint density at radius 1 is 1.54 bits per heavy atom. The number of rotatable bonds is 7. The minimum absolute atomic E-state index is 0.126. The van der Waals surface area contributed by atoms with E-state index in [0.717, 1.165) is 19.4 Å². The molecule has 3 N–H and O–H groups in total. The van der Waals surface area contributed by atoms with Crippen molar-refractivity contribution in [3.63, 3.8) is 0 Å². The third-order valence-corrected chi connectivity index (χ3v) is 1.60. The summed E-state index contributed by atoms with van der Waals surface area (Å²) >= 11 is 0. The van der Waals surface area contributed by atoms with E-state index < -0.39 is 6.04 Å². The van der Waals surface area contributed by atoms with Gasteiger partial charge in [-0.05, 0) is 13.3 Å². The minimum Gasteiger partial charge on any atom is -0.380 e. The van der Waals surface area contributed by atoms with Crippen LogP contribution in [0.5, 0.6) is 0 Å². The SMILES string of the molecule is CCCCOCCNC(=O)[C@H](C)N. The highest BCUT2D eigenvalue weighted by Gasteiger charge is 2.04. The standard InChI is InChI=1S/C9H20N2O2/c1-3-4-6-13-7-5-11-9(12)8(2)10/h8H,3-7,10H2,1-2H3,(H,11,12)/t8-/m0/s1. The lowest BCUT2D eigenvalue weighted by molar-refractivity contribution is -0.122. The number of nitrogens with two attached hydrogens (primary N) is 1. The molecule has 13 heavy (non-hydrogen) atoms.